The highest BCUT2D eigenvalue weighted by molar-refractivity contribution is 6.06. The van der Waals surface area contributed by atoms with Crippen molar-refractivity contribution in [3.8, 4) is 0 Å². The van der Waals surface area contributed by atoms with Gasteiger partial charge in [0, 0.05) is 44.4 Å². The second-order valence-electron chi connectivity index (χ2n) is 12.2. The Labute approximate surface area is 274 Å². The van der Waals surface area contributed by atoms with Crippen LogP contribution in [0.4, 0.5) is 5.82 Å². The third-order valence-electron chi connectivity index (χ3n) is 8.46. The van der Waals surface area contributed by atoms with E-state index in [0.717, 1.165) is 118 Å². The molecule has 0 aliphatic carbocycles. The van der Waals surface area contributed by atoms with Crippen LogP contribution in [0.5, 0.6) is 0 Å². The first-order chi connectivity index (χ1) is 22.5. The van der Waals surface area contributed by atoms with Crippen molar-refractivity contribution in [3.63, 3.8) is 0 Å². The molecule has 0 saturated heterocycles. The van der Waals surface area contributed by atoms with E-state index in [1.807, 2.05) is 18.2 Å². The maximum Gasteiger partial charge on any atom is 0.221 e. The molecule has 0 radical (unpaired) electrons. The van der Waals surface area contributed by atoms with Crippen molar-refractivity contribution in [2.24, 2.45) is 11.5 Å². The number of rotatable bonds is 22. The second-order valence-corrected chi connectivity index (χ2v) is 12.2. The maximum absolute atomic E-state index is 12.5. The number of nitrogens with zero attached hydrogens (tertiary/aromatic N) is 4. The minimum atomic E-state index is 0.104. The Hall–Kier alpha value is -3.57. The Balaban J connectivity index is 1.45. The number of carbonyl (C=O) groups excluding carboxylic acids is 1. The van der Waals surface area contributed by atoms with E-state index in [1.54, 1.807) is 0 Å². The van der Waals surface area contributed by atoms with Crippen molar-refractivity contribution in [1.82, 2.24) is 30.1 Å². The van der Waals surface area contributed by atoms with Gasteiger partial charge < -0.3 is 32.4 Å². The summed E-state index contributed by atoms with van der Waals surface area (Å²) >= 11 is 0. The second kappa shape index (κ2) is 19.2. The van der Waals surface area contributed by atoms with E-state index in [4.69, 9.17) is 22.2 Å². The molecule has 0 aliphatic rings. The first kappa shape index (κ1) is 35.3. The first-order valence-corrected chi connectivity index (χ1v) is 17.2. The van der Waals surface area contributed by atoms with E-state index in [0.29, 0.717) is 31.9 Å². The number of imidazole rings is 1. The topological polar surface area (TPSA) is 153 Å². The maximum atomic E-state index is 12.5. The molecule has 1 amide bonds. The Morgan fingerprint density at radius 3 is 2.33 bits per heavy atom. The summed E-state index contributed by atoms with van der Waals surface area (Å²) in [7, 11) is 0. The molecule has 0 spiro atoms. The van der Waals surface area contributed by atoms with Crippen molar-refractivity contribution in [2.75, 3.05) is 51.5 Å². The summed E-state index contributed by atoms with van der Waals surface area (Å²) in [6.45, 7) is 9.41. The fraction of sp³-hybridized carbons (Fsp3) is 0.528. The van der Waals surface area contributed by atoms with Gasteiger partial charge in [-0.2, -0.15) is 0 Å². The first-order valence-electron chi connectivity index (χ1n) is 17.2. The summed E-state index contributed by atoms with van der Waals surface area (Å²) in [5, 5.41) is 7.64. The smallest absolute Gasteiger partial charge is 0.221 e. The molecule has 2 aromatic heterocycles. The van der Waals surface area contributed by atoms with Gasteiger partial charge in [-0.15, -0.1) is 0 Å². The molecule has 8 N–H and O–H groups in total. The number of hydrogen-bond donors (Lipinski definition) is 5. The standard InChI is InChI=1S/C36H55N9O/c1-2-3-13-32-43-34-35(30-11-4-5-12-31(30)42-36(34)39)45(32)27-29-16-14-28(15-17-29)26-44(24-10-22-40-21-8-6-19-37)25-18-33(46)41-23-9-7-20-38/h4-5,11-12,14-17,40H,2-3,6-10,13,18-27,37-38H2,1H3,(H2,39,42)(H,41,46). The minimum absolute atomic E-state index is 0.104. The van der Waals surface area contributed by atoms with Gasteiger partial charge in [0.25, 0.3) is 0 Å². The van der Waals surface area contributed by atoms with Crippen LogP contribution < -0.4 is 27.8 Å². The quantitative estimate of drug-likeness (QED) is 0.0806. The van der Waals surface area contributed by atoms with Crippen LogP contribution in [0.25, 0.3) is 21.9 Å². The number of benzene rings is 2. The van der Waals surface area contributed by atoms with Crippen LogP contribution >= 0.6 is 0 Å². The van der Waals surface area contributed by atoms with Gasteiger partial charge in [-0.1, -0.05) is 55.8 Å². The zero-order valence-corrected chi connectivity index (χ0v) is 27.8. The molecule has 46 heavy (non-hydrogen) atoms. The number of nitrogen functional groups attached to an aromatic ring is 1. The number of pyridine rings is 1. The SMILES string of the molecule is CCCCc1nc2c(N)nc3ccccc3c2n1Cc1ccc(CN(CCCNCCCCN)CCC(=O)NCCCCN)cc1. The van der Waals surface area contributed by atoms with Crippen molar-refractivity contribution < 1.29 is 4.79 Å². The molecule has 0 fully saturated rings. The van der Waals surface area contributed by atoms with Gasteiger partial charge in [0.15, 0.2) is 5.82 Å². The summed E-state index contributed by atoms with van der Waals surface area (Å²) in [6.07, 6.45) is 8.59. The van der Waals surface area contributed by atoms with Crippen molar-refractivity contribution >= 4 is 33.7 Å². The van der Waals surface area contributed by atoms with Crippen molar-refractivity contribution in [3.05, 3.63) is 65.5 Å². The van der Waals surface area contributed by atoms with Gasteiger partial charge in [-0.3, -0.25) is 9.69 Å². The lowest BCUT2D eigenvalue weighted by atomic mass is 10.1. The minimum Gasteiger partial charge on any atom is -0.382 e. The molecule has 10 nitrogen and oxygen atoms in total. The van der Waals surface area contributed by atoms with Crippen LogP contribution in [-0.2, 0) is 24.3 Å². The van der Waals surface area contributed by atoms with Gasteiger partial charge in [0.2, 0.25) is 5.91 Å². The number of fused-ring (bicyclic) bond motifs is 3. The average molecular weight is 630 g/mol. The number of hydrogen-bond acceptors (Lipinski definition) is 8. The zero-order chi connectivity index (χ0) is 32.6. The third-order valence-corrected chi connectivity index (χ3v) is 8.46. The van der Waals surface area contributed by atoms with Crippen LogP contribution in [0.15, 0.2) is 48.5 Å². The predicted molar refractivity (Wildman–Crippen MR) is 191 cm³/mol. The normalized spacial score (nSPS) is 11.7. The zero-order valence-electron chi connectivity index (χ0n) is 27.8. The van der Waals surface area contributed by atoms with E-state index in [1.165, 1.54) is 11.1 Å². The van der Waals surface area contributed by atoms with E-state index in [2.05, 4.69) is 62.3 Å². The molecular weight excluding hydrogens is 574 g/mol. The highest BCUT2D eigenvalue weighted by Crippen LogP contribution is 2.30. The molecule has 0 bridgehead atoms. The number of nitrogens with one attached hydrogen (secondary N) is 2. The fourth-order valence-electron chi connectivity index (χ4n) is 5.85. The van der Waals surface area contributed by atoms with Crippen LogP contribution in [0.1, 0.15) is 75.2 Å². The van der Waals surface area contributed by atoms with Crippen molar-refractivity contribution in [1.29, 1.82) is 0 Å². The highest BCUT2D eigenvalue weighted by Gasteiger charge is 2.17. The van der Waals surface area contributed by atoms with E-state index in [9.17, 15) is 4.79 Å². The number of aryl methyl sites for hydroxylation is 1. The summed E-state index contributed by atoms with van der Waals surface area (Å²) in [4.78, 5) is 24.5. The molecule has 0 aliphatic heterocycles. The number of carbonyl (C=O) groups is 1. The van der Waals surface area contributed by atoms with E-state index >= 15 is 0 Å². The Bertz CT molecular complexity index is 1480. The summed E-state index contributed by atoms with van der Waals surface area (Å²) in [6, 6.07) is 17.1. The van der Waals surface area contributed by atoms with E-state index < -0.39 is 0 Å². The van der Waals surface area contributed by atoms with E-state index in [-0.39, 0.29) is 5.91 Å². The summed E-state index contributed by atoms with van der Waals surface area (Å²) in [5.74, 6) is 1.64. The molecular formula is C36H55N9O. The van der Waals surface area contributed by atoms with Crippen LogP contribution in [-0.4, -0.2) is 71.2 Å². The third kappa shape index (κ3) is 10.5. The Morgan fingerprint density at radius 1 is 0.848 bits per heavy atom. The van der Waals surface area contributed by atoms with Crippen LogP contribution in [0.2, 0.25) is 0 Å². The highest BCUT2D eigenvalue weighted by atomic mass is 16.1. The molecule has 2 heterocycles. The number of nitrogens with two attached hydrogens (primary N) is 3. The van der Waals surface area contributed by atoms with Gasteiger partial charge in [-0.05, 0) is 88.4 Å². The van der Waals surface area contributed by atoms with Crippen LogP contribution in [0, 0.1) is 0 Å². The molecule has 4 rings (SSSR count). The van der Waals surface area contributed by atoms with Gasteiger partial charge in [0.1, 0.15) is 11.3 Å². The number of para-hydroxylation sites is 1. The molecule has 4 aromatic rings. The van der Waals surface area contributed by atoms with Gasteiger partial charge >= 0.3 is 0 Å². The lowest BCUT2D eigenvalue weighted by Crippen LogP contribution is -2.33. The number of aromatic nitrogens is 3. The average Bonchev–Trinajstić information content (AvgIpc) is 3.43. The Morgan fingerprint density at radius 2 is 1.57 bits per heavy atom. The predicted octanol–water partition coefficient (Wildman–Crippen LogP) is 4.32. The van der Waals surface area contributed by atoms with Gasteiger partial charge in [-0.25, -0.2) is 9.97 Å². The van der Waals surface area contributed by atoms with Crippen molar-refractivity contribution in [2.45, 2.75) is 77.8 Å². The molecule has 0 unspecified atom stereocenters. The summed E-state index contributed by atoms with van der Waals surface area (Å²) in [5.41, 5.74) is 22.8. The number of amides is 1. The number of unbranched alkanes of at least 4 members (excludes halogenated alkanes) is 3. The monoisotopic (exact) mass is 629 g/mol. The Kier molecular flexibility index (Phi) is 14.7. The molecule has 10 heteroatoms. The largest absolute Gasteiger partial charge is 0.382 e. The molecule has 250 valence electrons. The number of anilines is 1. The summed E-state index contributed by atoms with van der Waals surface area (Å²) < 4.78 is 2.33. The lowest BCUT2D eigenvalue weighted by Gasteiger charge is -2.23. The van der Waals surface area contributed by atoms with Gasteiger partial charge in [0.05, 0.1) is 11.0 Å². The van der Waals surface area contributed by atoms with Crippen LogP contribution in [0.3, 0.4) is 0 Å². The fourth-order valence-corrected chi connectivity index (χ4v) is 5.85. The molecule has 0 atom stereocenters. The lowest BCUT2D eigenvalue weighted by molar-refractivity contribution is -0.121. The molecule has 2 aromatic carbocycles. The molecule has 0 saturated carbocycles.